The molecule has 0 bridgehead atoms. The number of ether oxygens (including phenoxy) is 2. The van der Waals surface area contributed by atoms with Gasteiger partial charge in [-0.25, -0.2) is 32.2 Å². The van der Waals surface area contributed by atoms with E-state index in [2.05, 4.69) is 19.7 Å². The predicted octanol–water partition coefficient (Wildman–Crippen LogP) is 5.02. The summed E-state index contributed by atoms with van der Waals surface area (Å²) in [6.45, 7) is 1.87. The molecule has 1 saturated carbocycles. The topological polar surface area (TPSA) is 103 Å². The van der Waals surface area contributed by atoms with Gasteiger partial charge in [0.15, 0.2) is 0 Å². The summed E-state index contributed by atoms with van der Waals surface area (Å²) in [7, 11) is -3.08. The molecule has 11 heteroatoms. The van der Waals surface area contributed by atoms with E-state index in [-0.39, 0.29) is 17.7 Å². The Hall–Kier alpha value is -3.86. The van der Waals surface area contributed by atoms with E-state index < -0.39 is 26.6 Å². The highest BCUT2D eigenvalue weighted by molar-refractivity contribution is 7.92. The summed E-state index contributed by atoms with van der Waals surface area (Å²) in [6, 6.07) is 7.45. The Morgan fingerprint density at radius 2 is 1.83 bits per heavy atom. The Labute approximate surface area is 206 Å². The minimum Gasteiger partial charge on any atom is -0.488 e. The van der Waals surface area contributed by atoms with Crippen molar-refractivity contribution >= 4 is 26.6 Å². The summed E-state index contributed by atoms with van der Waals surface area (Å²) >= 11 is 0. The molecule has 0 spiro atoms. The highest BCUT2D eigenvalue weighted by Crippen LogP contribution is 2.37. The zero-order chi connectivity index (χ0) is 25.4. The van der Waals surface area contributed by atoms with Gasteiger partial charge in [0.05, 0.1) is 13.2 Å². The van der Waals surface area contributed by atoms with Crippen LogP contribution in [0, 0.1) is 18.6 Å². The van der Waals surface area contributed by atoms with Crippen LogP contribution in [0.2, 0.25) is 0 Å². The Morgan fingerprint density at radius 3 is 2.53 bits per heavy atom. The van der Waals surface area contributed by atoms with Crippen LogP contribution < -0.4 is 14.2 Å². The molecular formula is C25H22F2N4O4S. The van der Waals surface area contributed by atoms with E-state index in [1.54, 1.807) is 0 Å². The van der Waals surface area contributed by atoms with Crippen molar-refractivity contribution < 1.29 is 26.7 Å². The van der Waals surface area contributed by atoms with Gasteiger partial charge in [-0.3, -0.25) is 4.72 Å². The van der Waals surface area contributed by atoms with Crippen LogP contribution >= 0.6 is 0 Å². The minimum atomic E-state index is -4.41. The molecule has 0 unspecified atom stereocenters. The molecule has 0 radical (unpaired) electrons. The van der Waals surface area contributed by atoms with E-state index in [1.807, 2.05) is 19.1 Å². The third kappa shape index (κ3) is 4.53. The monoisotopic (exact) mass is 512 g/mol. The lowest BCUT2D eigenvalue weighted by Crippen LogP contribution is -2.24. The number of rotatable bonds is 7. The Bertz CT molecular complexity index is 1580. The molecular weight excluding hydrogens is 490 g/mol. The molecule has 8 nitrogen and oxygen atoms in total. The Kier molecular flexibility index (Phi) is 6.17. The van der Waals surface area contributed by atoms with E-state index in [4.69, 9.17) is 9.47 Å². The highest BCUT2D eigenvalue weighted by Gasteiger charge is 2.24. The molecule has 2 aromatic carbocycles. The first-order chi connectivity index (χ1) is 17.2. The number of methoxy groups -OCH3 is 1. The van der Waals surface area contributed by atoms with E-state index in [0.717, 1.165) is 42.5 Å². The number of hydrogen-bond donors (Lipinski definition) is 1. The lowest BCUT2D eigenvalue weighted by Gasteiger charge is -2.27. The third-order valence-corrected chi connectivity index (χ3v) is 7.45. The summed E-state index contributed by atoms with van der Waals surface area (Å²) in [5, 5.41) is 0.788. The molecule has 0 amide bonds. The number of halogens is 2. The molecule has 4 aromatic rings. The van der Waals surface area contributed by atoms with Crippen molar-refractivity contribution in [3.05, 3.63) is 66.3 Å². The number of nitrogens with zero attached hydrogens (tertiary/aromatic N) is 3. The van der Waals surface area contributed by atoms with Gasteiger partial charge in [-0.1, -0.05) is 0 Å². The molecule has 186 valence electrons. The number of aromatic nitrogens is 3. The third-order valence-electron chi connectivity index (χ3n) is 6.05. The molecule has 0 aliphatic heterocycles. The van der Waals surface area contributed by atoms with Crippen LogP contribution in [0.4, 0.5) is 14.5 Å². The summed E-state index contributed by atoms with van der Waals surface area (Å²) in [4.78, 5) is 12.2. The van der Waals surface area contributed by atoms with Gasteiger partial charge in [0.2, 0.25) is 5.88 Å². The van der Waals surface area contributed by atoms with E-state index in [1.165, 1.54) is 25.7 Å². The number of pyridine rings is 1. The number of benzene rings is 2. The lowest BCUT2D eigenvalue weighted by molar-refractivity contribution is 0.122. The number of nitrogens with one attached hydrogen (secondary N) is 1. The predicted molar refractivity (Wildman–Crippen MR) is 129 cm³/mol. The van der Waals surface area contributed by atoms with Gasteiger partial charge in [0, 0.05) is 28.9 Å². The number of hydrogen-bond acceptors (Lipinski definition) is 7. The Morgan fingerprint density at radius 1 is 1.03 bits per heavy atom. The molecule has 0 saturated heterocycles. The molecule has 5 rings (SSSR count). The molecule has 36 heavy (non-hydrogen) atoms. The van der Waals surface area contributed by atoms with Crippen molar-refractivity contribution in [2.45, 2.75) is 37.2 Å². The molecule has 1 N–H and O–H groups in total. The summed E-state index contributed by atoms with van der Waals surface area (Å²) in [5.41, 5.74) is 2.68. The van der Waals surface area contributed by atoms with Crippen molar-refractivity contribution in [1.29, 1.82) is 0 Å². The second-order valence-electron chi connectivity index (χ2n) is 8.46. The summed E-state index contributed by atoms with van der Waals surface area (Å²) in [6.07, 6.45) is 6.17. The van der Waals surface area contributed by atoms with Crippen LogP contribution in [0.5, 0.6) is 11.6 Å². The van der Waals surface area contributed by atoms with Crippen molar-refractivity contribution in [3.63, 3.8) is 0 Å². The second-order valence-corrected chi connectivity index (χ2v) is 10.1. The van der Waals surface area contributed by atoms with Gasteiger partial charge < -0.3 is 9.47 Å². The average molecular weight is 513 g/mol. The van der Waals surface area contributed by atoms with Gasteiger partial charge in [0.25, 0.3) is 10.0 Å². The van der Waals surface area contributed by atoms with E-state index >= 15 is 0 Å². The maximum Gasteiger partial charge on any atom is 0.264 e. The Balaban J connectivity index is 1.58. The fourth-order valence-corrected chi connectivity index (χ4v) is 5.03. The normalized spacial score (nSPS) is 13.9. The van der Waals surface area contributed by atoms with E-state index in [0.29, 0.717) is 28.5 Å². The lowest BCUT2D eigenvalue weighted by atomic mass is 9.96. The number of fused-ring (bicyclic) bond motifs is 1. The molecule has 2 aromatic heterocycles. The minimum absolute atomic E-state index is 0.0127. The average Bonchev–Trinajstić information content (AvgIpc) is 2.81. The first-order valence-electron chi connectivity index (χ1n) is 11.2. The van der Waals surface area contributed by atoms with Crippen molar-refractivity contribution in [2.75, 3.05) is 11.8 Å². The van der Waals surface area contributed by atoms with Gasteiger partial charge in [-0.15, -0.1) is 0 Å². The highest BCUT2D eigenvalue weighted by atomic mass is 32.2. The van der Waals surface area contributed by atoms with Gasteiger partial charge in [-0.2, -0.15) is 0 Å². The quantitative estimate of drug-likeness (QED) is 0.371. The molecule has 1 fully saturated rings. The number of aryl methyl sites for hydroxylation is 1. The number of anilines is 1. The van der Waals surface area contributed by atoms with E-state index in [9.17, 15) is 17.2 Å². The van der Waals surface area contributed by atoms with Crippen LogP contribution in [-0.4, -0.2) is 36.6 Å². The van der Waals surface area contributed by atoms with Crippen LogP contribution in [0.15, 0.2) is 53.8 Å². The number of sulfonamides is 1. The smallest absolute Gasteiger partial charge is 0.264 e. The van der Waals surface area contributed by atoms with Crippen LogP contribution in [0.3, 0.4) is 0 Å². The van der Waals surface area contributed by atoms with Crippen molar-refractivity contribution in [2.24, 2.45) is 0 Å². The van der Waals surface area contributed by atoms with Crippen LogP contribution in [0.1, 0.15) is 25.0 Å². The fourth-order valence-electron chi connectivity index (χ4n) is 3.92. The maximum absolute atomic E-state index is 14.2. The van der Waals surface area contributed by atoms with Gasteiger partial charge >= 0.3 is 0 Å². The first-order valence-corrected chi connectivity index (χ1v) is 12.7. The summed E-state index contributed by atoms with van der Waals surface area (Å²) < 4.78 is 67.0. The van der Waals surface area contributed by atoms with Crippen molar-refractivity contribution in [1.82, 2.24) is 15.0 Å². The molecule has 1 aliphatic rings. The SMILES string of the molecule is COc1ncc(-c2cc(OC3CCC3)c3ncnc(C)c3c2)cc1NS(=O)(=O)c1ccc(F)cc1F. The van der Waals surface area contributed by atoms with Gasteiger partial charge in [0.1, 0.15) is 39.8 Å². The van der Waals surface area contributed by atoms with Gasteiger partial charge in [-0.05, 0) is 62.1 Å². The maximum atomic E-state index is 14.2. The largest absolute Gasteiger partial charge is 0.488 e. The fraction of sp³-hybridized carbons (Fsp3) is 0.240. The molecule has 2 heterocycles. The zero-order valence-electron chi connectivity index (χ0n) is 19.5. The molecule has 1 aliphatic carbocycles. The summed E-state index contributed by atoms with van der Waals surface area (Å²) in [5.74, 6) is -1.52. The van der Waals surface area contributed by atoms with Crippen molar-refractivity contribution in [3.8, 4) is 22.8 Å². The standard InChI is InChI=1S/C25H22F2N4O4S/c1-14-19-8-15(10-22(24(19)30-13-29-14)35-18-4-3-5-18)16-9-21(25(34-2)28-12-16)31-36(32,33)23-7-6-17(26)11-20(23)27/h6-13,18,31H,3-5H2,1-2H3. The second kappa shape index (κ2) is 9.30. The zero-order valence-corrected chi connectivity index (χ0v) is 20.3. The van der Waals surface area contributed by atoms with Crippen LogP contribution in [-0.2, 0) is 10.0 Å². The first kappa shape index (κ1) is 23.9. The molecule has 0 atom stereocenters. The van der Waals surface area contributed by atoms with Crippen LogP contribution in [0.25, 0.3) is 22.0 Å².